The molecule has 6 nitrogen and oxygen atoms in total. The van der Waals surface area contributed by atoms with Crippen LogP contribution in [0.25, 0.3) is 0 Å². The van der Waals surface area contributed by atoms with Crippen LogP contribution in [0.4, 0.5) is 10.1 Å². The molecule has 4 aromatic rings. The zero-order chi connectivity index (χ0) is 27.8. The third-order valence-corrected chi connectivity index (χ3v) is 8.75. The number of hydrogen-bond acceptors (Lipinski definition) is 4. The maximum atomic E-state index is 14.8. The molecule has 5 rings (SSSR count). The van der Waals surface area contributed by atoms with E-state index >= 15 is 0 Å². The Hall–Kier alpha value is -3.85. The Labute approximate surface area is 231 Å². The number of Topliss-reactive ketones (excluding diaryl/α,β-unsaturated/α-hetero) is 1. The molecular formula is C30H24ClFN2O4S. The van der Waals surface area contributed by atoms with Crippen LogP contribution in [0, 0.1) is 12.7 Å². The van der Waals surface area contributed by atoms with Crippen molar-refractivity contribution in [2.75, 3.05) is 4.90 Å². The predicted molar refractivity (Wildman–Crippen MR) is 148 cm³/mol. The summed E-state index contributed by atoms with van der Waals surface area (Å²) in [4.78, 5) is 27.1. The molecule has 0 aromatic heterocycles. The number of aryl methyl sites for hydroxylation is 1. The summed E-state index contributed by atoms with van der Waals surface area (Å²) in [6.07, 6.45) is 0. The summed E-state index contributed by atoms with van der Waals surface area (Å²) in [7, 11) is -4.37. The third kappa shape index (κ3) is 4.87. The number of fused-ring (bicyclic) bond motifs is 1. The van der Waals surface area contributed by atoms with Gasteiger partial charge in [0.2, 0.25) is 10.0 Å². The summed E-state index contributed by atoms with van der Waals surface area (Å²) in [6, 6.07) is 25.1. The summed E-state index contributed by atoms with van der Waals surface area (Å²) >= 11 is 7.13. The Morgan fingerprint density at radius 3 is 2.23 bits per heavy atom. The molecule has 0 saturated carbocycles. The molecule has 0 bridgehead atoms. The Balaban J connectivity index is 1.65. The number of ketones is 1. The van der Waals surface area contributed by atoms with Gasteiger partial charge in [0.1, 0.15) is 11.9 Å². The molecule has 1 aliphatic rings. The standard InChI is InChI=1S/C30H24ClFN2O4S/c1-20-15-17-22(18-16-20)39(37,38)33-28(27(35)23-11-5-7-13-25(23)32)30(31)24-12-6-8-14-26(24)34(29(30)36)19-21-9-3-2-4-10-21/h2-18,28,33H,19H2,1H3/t28?,30-/m1/s1. The number of benzene rings is 4. The Morgan fingerprint density at radius 1 is 0.923 bits per heavy atom. The number of carbonyl (C=O) groups excluding carboxylic acids is 2. The van der Waals surface area contributed by atoms with Crippen LogP contribution in [-0.2, 0) is 26.2 Å². The number of alkyl halides is 1. The van der Waals surface area contributed by atoms with Crippen molar-refractivity contribution < 1.29 is 22.4 Å². The van der Waals surface area contributed by atoms with Crippen molar-refractivity contribution in [2.45, 2.75) is 29.3 Å². The summed E-state index contributed by atoms with van der Waals surface area (Å²) in [5, 5.41) is 0. The zero-order valence-electron chi connectivity index (χ0n) is 20.8. The number of sulfonamides is 1. The second-order valence-corrected chi connectivity index (χ2v) is 11.6. The molecule has 0 aliphatic carbocycles. The largest absolute Gasteiger partial charge is 0.306 e. The van der Waals surface area contributed by atoms with E-state index in [-0.39, 0.29) is 22.6 Å². The van der Waals surface area contributed by atoms with Crippen LogP contribution in [0.5, 0.6) is 0 Å². The molecular weight excluding hydrogens is 539 g/mol. The Bertz CT molecular complexity index is 1660. The van der Waals surface area contributed by atoms with Crippen molar-refractivity contribution in [3.05, 3.63) is 131 Å². The summed E-state index contributed by atoms with van der Waals surface area (Å²) in [6.45, 7) is 1.94. The number of nitrogens with one attached hydrogen (secondary N) is 1. The lowest BCUT2D eigenvalue weighted by Gasteiger charge is -2.31. The van der Waals surface area contributed by atoms with Crippen LogP contribution in [0.1, 0.15) is 27.0 Å². The average Bonchev–Trinajstić information content (AvgIpc) is 3.15. The van der Waals surface area contributed by atoms with Crippen LogP contribution in [0.15, 0.2) is 108 Å². The lowest BCUT2D eigenvalue weighted by molar-refractivity contribution is -0.121. The fourth-order valence-corrected chi connectivity index (χ4v) is 6.42. The van der Waals surface area contributed by atoms with Gasteiger partial charge in [0.15, 0.2) is 10.7 Å². The van der Waals surface area contributed by atoms with E-state index in [0.717, 1.165) is 17.2 Å². The number of para-hydroxylation sites is 1. The normalized spacial score (nSPS) is 17.6. The maximum absolute atomic E-state index is 14.8. The van der Waals surface area contributed by atoms with E-state index in [1.165, 1.54) is 35.2 Å². The van der Waals surface area contributed by atoms with Crippen molar-refractivity contribution in [1.82, 2.24) is 4.72 Å². The number of halogens is 2. The van der Waals surface area contributed by atoms with Crippen molar-refractivity contribution in [2.24, 2.45) is 0 Å². The quantitative estimate of drug-likeness (QED) is 0.232. The van der Waals surface area contributed by atoms with E-state index in [9.17, 15) is 22.4 Å². The smallest absolute Gasteiger partial charge is 0.255 e. The fraction of sp³-hybridized carbons (Fsp3) is 0.133. The van der Waals surface area contributed by atoms with Crippen molar-refractivity contribution in [3.63, 3.8) is 0 Å². The summed E-state index contributed by atoms with van der Waals surface area (Å²) < 4.78 is 44.3. The van der Waals surface area contributed by atoms with Crippen LogP contribution >= 0.6 is 11.6 Å². The van der Waals surface area contributed by atoms with E-state index in [4.69, 9.17) is 11.6 Å². The highest BCUT2D eigenvalue weighted by atomic mass is 35.5. The highest BCUT2D eigenvalue weighted by molar-refractivity contribution is 7.89. The molecule has 0 saturated heterocycles. The number of carbonyl (C=O) groups is 2. The highest BCUT2D eigenvalue weighted by Crippen LogP contribution is 2.48. The average molecular weight is 563 g/mol. The molecule has 1 heterocycles. The van der Waals surface area contributed by atoms with Gasteiger partial charge in [-0.15, -0.1) is 11.6 Å². The molecule has 1 N–H and O–H groups in total. The van der Waals surface area contributed by atoms with Crippen molar-refractivity contribution in [3.8, 4) is 0 Å². The number of rotatable bonds is 8. The van der Waals surface area contributed by atoms with Gasteiger partial charge in [-0.25, -0.2) is 12.8 Å². The molecule has 1 unspecified atom stereocenters. The first-order valence-corrected chi connectivity index (χ1v) is 14.0. The van der Waals surface area contributed by atoms with Gasteiger partial charge < -0.3 is 4.90 Å². The van der Waals surface area contributed by atoms with E-state index in [0.29, 0.717) is 5.69 Å². The van der Waals surface area contributed by atoms with Crippen LogP contribution < -0.4 is 9.62 Å². The van der Waals surface area contributed by atoms with E-state index < -0.39 is 38.4 Å². The predicted octanol–water partition coefficient (Wildman–Crippen LogP) is 5.35. The minimum absolute atomic E-state index is 0.125. The molecule has 0 radical (unpaired) electrons. The Kier molecular flexibility index (Phi) is 7.11. The topological polar surface area (TPSA) is 83.5 Å². The minimum Gasteiger partial charge on any atom is -0.306 e. The first kappa shape index (κ1) is 26.7. The first-order valence-electron chi connectivity index (χ1n) is 12.1. The highest BCUT2D eigenvalue weighted by Gasteiger charge is 2.58. The number of hydrogen-bond donors (Lipinski definition) is 1. The molecule has 0 spiro atoms. The number of amides is 1. The van der Waals surface area contributed by atoms with E-state index in [1.54, 1.807) is 43.3 Å². The molecule has 9 heteroatoms. The second-order valence-electron chi connectivity index (χ2n) is 9.32. The molecule has 1 aliphatic heterocycles. The third-order valence-electron chi connectivity index (χ3n) is 6.73. The first-order chi connectivity index (χ1) is 18.6. The zero-order valence-corrected chi connectivity index (χ0v) is 22.4. The molecule has 39 heavy (non-hydrogen) atoms. The molecule has 0 fully saturated rings. The summed E-state index contributed by atoms with van der Waals surface area (Å²) in [5.41, 5.74) is 1.93. The van der Waals surface area contributed by atoms with E-state index in [1.807, 2.05) is 30.3 Å². The lowest BCUT2D eigenvalue weighted by Crippen LogP contribution is -2.56. The lowest BCUT2D eigenvalue weighted by atomic mass is 9.87. The molecule has 4 aromatic carbocycles. The van der Waals surface area contributed by atoms with Gasteiger partial charge in [0, 0.05) is 11.3 Å². The van der Waals surface area contributed by atoms with Crippen LogP contribution in [0.3, 0.4) is 0 Å². The monoisotopic (exact) mass is 562 g/mol. The fourth-order valence-electron chi connectivity index (χ4n) is 4.71. The SMILES string of the molecule is Cc1ccc(S(=O)(=O)NC(C(=O)c2ccccc2F)[C@@]2(Cl)C(=O)N(Cc3ccccc3)c3ccccc32)cc1. The van der Waals surface area contributed by atoms with Gasteiger partial charge in [0.25, 0.3) is 5.91 Å². The van der Waals surface area contributed by atoms with Crippen LogP contribution in [-0.4, -0.2) is 26.2 Å². The number of anilines is 1. The van der Waals surface area contributed by atoms with Gasteiger partial charge >= 0.3 is 0 Å². The molecule has 2 atom stereocenters. The molecule has 198 valence electrons. The van der Waals surface area contributed by atoms with Gasteiger partial charge in [-0.05, 0) is 42.8 Å². The van der Waals surface area contributed by atoms with Gasteiger partial charge in [-0.1, -0.05) is 78.4 Å². The van der Waals surface area contributed by atoms with Gasteiger partial charge in [-0.3, -0.25) is 9.59 Å². The summed E-state index contributed by atoms with van der Waals surface area (Å²) in [5.74, 6) is -2.53. The van der Waals surface area contributed by atoms with Crippen molar-refractivity contribution >= 4 is 39.0 Å². The molecule has 1 amide bonds. The Morgan fingerprint density at radius 2 is 1.54 bits per heavy atom. The van der Waals surface area contributed by atoms with E-state index in [2.05, 4.69) is 4.72 Å². The van der Waals surface area contributed by atoms with Crippen LogP contribution in [0.2, 0.25) is 0 Å². The number of nitrogens with zero attached hydrogens (tertiary/aromatic N) is 1. The van der Waals surface area contributed by atoms with Gasteiger partial charge in [-0.2, -0.15) is 4.72 Å². The second kappa shape index (κ2) is 10.4. The van der Waals surface area contributed by atoms with Crippen molar-refractivity contribution in [1.29, 1.82) is 0 Å². The minimum atomic E-state index is -4.37. The maximum Gasteiger partial charge on any atom is 0.255 e. The van der Waals surface area contributed by atoms with Gasteiger partial charge in [0.05, 0.1) is 17.0 Å².